The number of carbonyl (C=O) groups excluding carboxylic acids is 2. The molecule has 3 fully saturated rings. The van der Waals surface area contributed by atoms with Gasteiger partial charge in [-0.3, -0.25) is 9.59 Å². The number of carbonyl (C=O) groups is 2. The van der Waals surface area contributed by atoms with Gasteiger partial charge in [-0.2, -0.15) is 0 Å². The van der Waals surface area contributed by atoms with E-state index in [1.54, 1.807) is 11.0 Å². The number of aromatic nitrogens is 1. The second-order valence-corrected chi connectivity index (χ2v) is 7.40. The zero-order valence-corrected chi connectivity index (χ0v) is 13.7. The Labute approximate surface area is 140 Å². The molecule has 1 N–H and O–H groups in total. The topological polar surface area (TPSA) is 84.7 Å². The summed E-state index contributed by atoms with van der Waals surface area (Å²) in [5.41, 5.74) is -0.116. The van der Waals surface area contributed by atoms with Gasteiger partial charge in [0.05, 0.1) is 12.8 Å². The highest BCUT2D eigenvalue weighted by atomic mass is 16.5. The van der Waals surface area contributed by atoms with E-state index in [2.05, 4.69) is 10.5 Å². The lowest BCUT2D eigenvalue weighted by molar-refractivity contribution is -0.130. The molecule has 3 heterocycles. The second kappa shape index (κ2) is 6.20. The second-order valence-electron chi connectivity index (χ2n) is 7.40. The molecule has 0 bridgehead atoms. The highest BCUT2D eigenvalue weighted by molar-refractivity contribution is 5.91. The van der Waals surface area contributed by atoms with Gasteiger partial charge in [0.15, 0.2) is 0 Å². The van der Waals surface area contributed by atoms with Gasteiger partial charge in [0.25, 0.3) is 5.91 Å². The van der Waals surface area contributed by atoms with Gasteiger partial charge >= 0.3 is 0 Å². The van der Waals surface area contributed by atoms with Crippen LogP contribution in [-0.4, -0.2) is 54.2 Å². The van der Waals surface area contributed by atoms with E-state index in [1.165, 1.54) is 19.0 Å². The summed E-state index contributed by atoms with van der Waals surface area (Å²) in [5.74, 6) is 0.796. The van der Waals surface area contributed by atoms with Crippen molar-refractivity contribution in [2.75, 3.05) is 26.2 Å². The maximum atomic E-state index is 12.5. The fraction of sp³-hybridized carbons (Fsp3) is 0.706. The molecule has 130 valence electrons. The molecule has 0 radical (unpaired) electrons. The van der Waals surface area contributed by atoms with E-state index in [0.717, 1.165) is 19.4 Å². The van der Waals surface area contributed by atoms with Crippen molar-refractivity contribution in [1.29, 1.82) is 0 Å². The molecule has 24 heavy (non-hydrogen) atoms. The summed E-state index contributed by atoms with van der Waals surface area (Å²) >= 11 is 0. The SMILES string of the molecule is O=C(NCC1CC1)C1CC2(CCCN(C(=O)c3ccno3)C2)CO1. The van der Waals surface area contributed by atoms with Crippen LogP contribution in [0, 0.1) is 11.3 Å². The summed E-state index contributed by atoms with van der Waals surface area (Å²) < 4.78 is 10.8. The van der Waals surface area contributed by atoms with Gasteiger partial charge in [0.2, 0.25) is 11.7 Å². The molecule has 1 spiro atoms. The summed E-state index contributed by atoms with van der Waals surface area (Å²) in [6.07, 6.45) is 6.11. The Balaban J connectivity index is 1.36. The molecule has 1 aromatic rings. The lowest BCUT2D eigenvalue weighted by Crippen LogP contribution is -2.47. The van der Waals surface area contributed by atoms with E-state index in [4.69, 9.17) is 9.26 Å². The van der Waals surface area contributed by atoms with Crippen molar-refractivity contribution < 1.29 is 18.8 Å². The van der Waals surface area contributed by atoms with Crippen molar-refractivity contribution in [2.45, 2.75) is 38.2 Å². The van der Waals surface area contributed by atoms with Crippen LogP contribution in [0.15, 0.2) is 16.8 Å². The highest BCUT2D eigenvalue weighted by Gasteiger charge is 2.46. The number of hydrogen-bond acceptors (Lipinski definition) is 5. The Hall–Kier alpha value is -1.89. The number of hydrogen-bond donors (Lipinski definition) is 1. The van der Waals surface area contributed by atoms with Gasteiger partial charge in [-0.15, -0.1) is 0 Å². The summed E-state index contributed by atoms with van der Waals surface area (Å²) in [4.78, 5) is 26.5. The van der Waals surface area contributed by atoms with Gasteiger partial charge in [-0.25, -0.2) is 0 Å². The van der Waals surface area contributed by atoms with Crippen LogP contribution in [0.5, 0.6) is 0 Å². The Bertz CT molecular complexity index is 613. The predicted molar refractivity (Wildman–Crippen MR) is 84.2 cm³/mol. The number of rotatable bonds is 4. The van der Waals surface area contributed by atoms with Crippen LogP contribution < -0.4 is 5.32 Å². The van der Waals surface area contributed by atoms with E-state index in [-0.39, 0.29) is 29.1 Å². The third-order valence-electron chi connectivity index (χ3n) is 5.36. The third-order valence-corrected chi connectivity index (χ3v) is 5.36. The largest absolute Gasteiger partial charge is 0.368 e. The molecule has 2 atom stereocenters. The molecule has 7 nitrogen and oxygen atoms in total. The summed E-state index contributed by atoms with van der Waals surface area (Å²) in [6, 6.07) is 1.59. The summed E-state index contributed by atoms with van der Waals surface area (Å²) in [7, 11) is 0. The van der Waals surface area contributed by atoms with Crippen molar-refractivity contribution in [3.8, 4) is 0 Å². The van der Waals surface area contributed by atoms with E-state index < -0.39 is 0 Å². The minimum Gasteiger partial charge on any atom is -0.368 e. The summed E-state index contributed by atoms with van der Waals surface area (Å²) in [5, 5.41) is 6.60. The lowest BCUT2D eigenvalue weighted by atomic mass is 9.78. The molecule has 7 heteroatoms. The first-order valence-electron chi connectivity index (χ1n) is 8.75. The molecular formula is C17H23N3O4. The van der Waals surface area contributed by atoms with Crippen LogP contribution in [0.3, 0.4) is 0 Å². The molecule has 0 aromatic carbocycles. The minimum absolute atomic E-state index is 0.00235. The van der Waals surface area contributed by atoms with Crippen molar-refractivity contribution in [1.82, 2.24) is 15.4 Å². The predicted octanol–water partition coefficient (Wildman–Crippen LogP) is 1.21. The molecule has 1 aromatic heterocycles. The maximum Gasteiger partial charge on any atom is 0.292 e. The zero-order chi connectivity index (χ0) is 16.6. The summed E-state index contributed by atoms with van der Waals surface area (Å²) in [6.45, 7) is 2.62. The standard InChI is InChI=1S/C17H23N3O4/c21-15(18-9-12-2-3-12)14-8-17(11-23-14)5-1-7-20(10-17)16(22)13-4-6-19-24-13/h4,6,12,14H,1-3,5,7-11H2,(H,18,21). The van der Waals surface area contributed by atoms with Crippen LogP contribution in [0.25, 0.3) is 0 Å². The number of ether oxygens (including phenoxy) is 1. The number of likely N-dealkylation sites (tertiary alicyclic amines) is 1. The number of piperidine rings is 1. The van der Waals surface area contributed by atoms with Crippen molar-refractivity contribution in [3.63, 3.8) is 0 Å². The van der Waals surface area contributed by atoms with Crippen LogP contribution in [0.1, 0.15) is 42.7 Å². The zero-order valence-electron chi connectivity index (χ0n) is 13.7. The molecule has 3 aliphatic rings. The van der Waals surface area contributed by atoms with Crippen LogP contribution in [0.2, 0.25) is 0 Å². The van der Waals surface area contributed by atoms with Gasteiger partial charge in [-0.1, -0.05) is 5.16 Å². The smallest absolute Gasteiger partial charge is 0.292 e. The van der Waals surface area contributed by atoms with Gasteiger partial charge in [0.1, 0.15) is 6.10 Å². The van der Waals surface area contributed by atoms with Crippen LogP contribution in [-0.2, 0) is 9.53 Å². The molecule has 4 rings (SSSR count). The van der Waals surface area contributed by atoms with Crippen LogP contribution in [0.4, 0.5) is 0 Å². The number of amides is 2. The minimum atomic E-state index is -0.385. The highest BCUT2D eigenvalue weighted by Crippen LogP contribution is 2.41. The normalized spacial score (nSPS) is 29.8. The lowest BCUT2D eigenvalue weighted by Gasteiger charge is -2.39. The molecule has 2 saturated heterocycles. The first-order chi connectivity index (χ1) is 11.7. The first kappa shape index (κ1) is 15.6. The van der Waals surface area contributed by atoms with E-state index in [9.17, 15) is 9.59 Å². The number of nitrogens with zero attached hydrogens (tertiary/aromatic N) is 2. The molecule has 1 saturated carbocycles. The molecule has 2 amide bonds. The first-order valence-corrected chi connectivity index (χ1v) is 8.75. The quantitative estimate of drug-likeness (QED) is 0.895. The maximum absolute atomic E-state index is 12.5. The molecule has 2 unspecified atom stereocenters. The monoisotopic (exact) mass is 333 g/mol. The average molecular weight is 333 g/mol. The Morgan fingerprint density at radius 2 is 2.29 bits per heavy atom. The molecule has 2 aliphatic heterocycles. The molecule has 1 aliphatic carbocycles. The average Bonchev–Trinajstić information content (AvgIpc) is 3.09. The van der Waals surface area contributed by atoms with Crippen molar-refractivity contribution in [3.05, 3.63) is 18.0 Å². The fourth-order valence-corrected chi connectivity index (χ4v) is 3.79. The number of nitrogens with one attached hydrogen (secondary N) is 1. The third kappa shape index (κ3) is 3.17. The van der Waals surface area contributed by atoms with E-state index in [0.29, 0.717) is 32.0 Å². The van der Waals surface area contributed by atoms with Gasteiger partial charge in [0, 0.05) is 31.1 Å². The van der Waals surface area contributed by atoms with Gasteiger partial charge in [-0.05, 0) is 38.0 Å². The van der Waals surface area contributed by atoms with Crippen molar-refractivity contribution in [2.24, 2.45) is 11.3 Å². The van der Waals surface area contributed by atoms with E-state index >= 15 is 0 Å². The van der Waals surface area contributed by atoms with E-state index in [1.807, 2.05) is 0 Å². The van der Waals surface area contributed by atoms with Crippen LogP contribution >= 0.6 is 0 Å². The Kier molecular flexibility index (Phi) is 4.04. The van der Waals surface area contributed by atoms with Crippen molar-refractivity contribution >= 4 is 11.8 Å². The fourth-order valence-electron chi connectivity index (χ4n) is 3.79. The Morgan fingerprint density at radius 1 is 1.42 bits per heavy atom. The molecular weight excluding hydrogens is 310 g/mol. The Morgan fingerprint density at radius 3 is 3.04 bits per heavy atom. The van der Waals surface area contributed by atoms with Gasteiger partial charge < -0.3 is 19.5 Å².